The highest BCUT2D eigenvalue weighted by atomic mass is 16.5. The second-order valence-electron chi connectivity index (χ2n) is 2.60. The van der Waals surface area contributed by atoms with E-state index in [1.807, 2.05) is 0 Å². The molecule has 0 saturated carbocycles. The second kappa shape index (κ2) is 5.93. The number of hydrogen-bond donors (Lipinski definition) is 3. The minimum Gasteiger partial charge on any atom is -0.480 e. The Morgan fingerprint density at radius 2 is 2.25 bits per heavy atom. The standard InChI is InChI=1S/C7H15NO4/c1-5(9)3-8-6(4-12-2)7(10)11/h5-6,8-9H,3-4H2,1-2H3,(H,10,11). The van der Waals surface area contributed by atoms with Gasteiger partial charge in [0.15, 0.2) is 0 Å². The fraction of sp³-hybridized carbons (Fsp3) is 0.857. The molecule has 0 spiro atoms. The Morgan fingerprint density at radius 3 is 2.58 bits per heavy atom. The minimum absolute atomic E-state index is 0.0993. The van der Waals surface area contributed by atoms with Gasteiger partial charge in [-0.25, -0.2) is 0 Å². The fourth-order valence-electron chi connectivity index (χ4n) is 0.697. The zero-order valence-corrected chi connectivity index (χ0v) is 7.28. The van der Waals surface area contributed by atoms with E-state index >= 15 is 0 Å². The van der Waals surface area contributed by atoms with Gasteiger partial charge in [-0.15, -0.1) is 0 Å². The summed E-state index contributed by atoms with van der Waals surface area (Å²) in [5, 5.41) is 20.1. The molecule has 72 valence electrons. The molecule has 0 radical (unpaired) electrons. The molecule has 2 unspecified atom stereocenters. The van der Waals surface area contributed by atoms with Gasteiger partial charge in [0.1, 0.15) is 6.04 Å². The first-order valence-corrected chi connectivity index (χ1v) is 3.71. The Hall–Kier alpha value is -0.650. The van der Waals surface area contributed by atoms with Gasteiger partial charge in [0.2, 0.25) is 0 Å². The Morgan fingerprint density at radius 1 is 1.67 bits per heavy atom. The molecule has 12 heavy (non-hydrogen) atoms. The van der Waals surface area contributed by atoms with Gasteiger partial charge in [0, 0.05) is 13.7 Å². The van der Waals surface area contributed by atoms with Crippen molar-refractivity contribution in [1.29, 1.82) is 0 Å². The molecule has 0 bridgehead atoms. The van der Waals surface area contributed by atoms with Crippen LogP contribution in [0.2, 0.25) is 0 Å². The molecule has 5 heteroatoms. The number of rotatable bonds is 6. The molecule has 0 saturated heterocycles. The van der Waals surface area contributed by atoms with Crippen LogP contribution in [-0.2, 0) is 9.53 Å². The summed E-state index contributed by atoms with van der Waals surface area (Å²) >= 11 is 0. The molecule has 0 aromatic heterocycles. The van der Waals surface area contributed by atoms with Gasteiger partial charge in [-0.05, 0) is 6.92 Å². The van der Waals surface area contributed by atoms with E-state index in [0.29, 0.717) is 0 Å². The molecule has 0 amide bonds. The third-order valence-electron chi connectivity index (χ3n) is 1.29. The lowest BCUT2D eigenvalue weighted by atomic mass is 10.3. The van der Waals surface area contributed by atoms with Crippen LogP contribution in [0.4, 0.5) is 0 Å². The zero-order chi connectivity index (χ0) is 9.56. The van der Waals surface area contributed by atoms with E-state index in [1.54, 1.807) is 6.92 Å². The first-order valence-electron chi connectivity index (χ1n) is 3.71. The van der Waals surface area contributed by atoms with Crippen molar-refractivity contribution in [2.45, 2.75) is 19.1 Å². The quantitative estimate of drug-likeness (QED) is 0.488. The highest BCUT2D eigenvalue weighted by Gasteiger charge is 2.16. The van der Waals surface area contributed by atoms with Crippen LogP contribution in [0.1, 0.15) is 6.92 Å². The molecule has 0 aliphatic heterocycles. The number of aliphatic hydroxyl groups is 1. The lowest BCUT2D eigenvalue weighted by Crippen LogP contribution is -2.43. The summed E-state index contributed by atoms with van der Waals surface area (Å²) in [6.45, 7) is 1.93. The van der Waals surface area contributed by atoms with Gasteiger partial charge in [-0.2, -0.15) is 0 Å². The zero-order valence-electron chi connectivity index (χ0n) is 7.28. The van der Waals surface area contributed by atoms with Gasteiger partial charge in [0.05, 0.1) is 12.7 Å². The van der Waals surface area contributed by atoms with Gasteiger partial charge in [0.25, 0.3) is 0 Å². The predicted octanol–water partition coefficient (Wildman–Crippen LogP) is -0.944. The summed E-state index contributed by atoms with van der Waals surface area (Å²) in [5.74, 6) is -0.975. The summed E-state index contributed by atoms with van der Waals surface area (Å²) in [4.78, 5) is 10.5. The largest absolute Gasteiger partial charge is 0.480 e. The SMILES string of the molecule is COCC(NCC(C)O)C(=O)O. The highest BCUT2D eigenvalue weighted by Crippen LogP contribution is 1.86. The summed E-state index contributed by atoms with van der Waals surface area (Å²) in [5.41, 5.74) is 0. The number of carbonyl (C=O) groups is 1. The number of aliphatic hydroxyl groups excluding tert-OH is 1. The van der Waals surface area contributed by atoms with E-state index in [-0.39, 0.29) is 13.2 Å². The van der Waals surface area contributed by atoms with Crippen molar-refractivity contribution < 1.29 is 19.7 Å². The van der Waals surface area contributed by atoms with E-state index in [2.05, 4.69) is 10.1 Å². The normalized spacial score (nSPS) is 15.6. The van der Waals surface area contributed by atoms with Crippen LogP contribution in [0.5, 0.6) is 0 Å². The van der Waals surface area contributed by atoms with E-state index in [0.717, 1.165) is 0 Å². The number of hydrogen-bond acceptors (Lipinski definition) is 4. The molecule has 0 aliphatic rings. The van der Waals surface area contributed by atoms with Crippen molar-refractivity contribution in [3.8, 4) is 0 Å². The van der Waals surface area contributed by atoms with E-state index < -0.39 is 18.1 Å². The maximum absolute atomic E-state index is 10.5. The first kappa shape index (κ1) is 11.4. The second-order valence-corrected chi connectivity index (χ2v) is 2.60. The molecule has 0 aliphatic carbocycles. The average Bonchev–Trinajstić information content (AvgIpc) is 1.96. The van der Waals surface area contributed by atoms with Crippen molar-refractivity contribution in [2.24, 2.45) is 0 Å². The number of nitrogens with one attached hydrogen (secondary N) is 1. The van der Waals surface area contributed by atoms with Crippen molar-refractivity contribution >= 4 is 5.97 Å². The fourth-order valence-corrected chi connectivity index (χ4v) is 0.697. The molecule has 0 aromatic carbocycles. The van der Waals surface area contributed by atoms with E-state index in [4.69, 9.17) is 10.2 Å². The minimum atomic E-state index is -0.975. The molecular formula is C7H15NO4. The van der Waals surface area contributed by atoms with Crippen molar-refractivity contribution in [3.63, 3.8) is 0 Å². The van der Waals surface area contributed by atoms with E-state index in [9.17, 15) is 4.79 Å². The first-order chi connectivity index (χ1) is 5.57. The maximum atomic E-state index is 10.5. The van der Waals surface area contributed by atoms with Crippen LogP contribution < -0.4 is 5.32 Å². The monoisotopic (exact) mass is 177 g/mol. The lowest BCUT2D eigenvalue weighted by Gasteiger charge is -2.14. The van der Waals surface area contributed by atoms with Crippen LogP contribution in [0, 0.1) is 0 Å². The van der Waals surface area contributed by atoms with Crippen molar-refractivity contribution in [1.82, 2.24) is 5.32 Å². The summed E-state index contributed by atoms with van der Waals surface area (Å²) in [6.07, 6.45) is -0.552. The van der Waals surface area contributed by atoms with Crippen LogP contribution in [-0.4, -0.2) is 48.6 Å². The smallest absolute Gasteiger partial charge is 0.323 e. The van der Waals surface area contributed by atoms with Crippen LogP contribution in [0.25, 0.3) is 0 Å². The van der Waals surface area contributed by atoms with Gasteiger partial charge in [-0.1, -0.05) is 0 Å². The summed E-state index contributed by atoms with van der Waals surface area (Å²) < 4.78 is 4.67. The number of ether oxygens (including phenoxy) is 1. The highest BCUT2D eigenvalue weighted by molar-refractivity contribution is 5.73. The molecular weight excluding hydrogens is 162 g/mol. The number of carboxylic acids is 1. The van der Waals surface area contributed by atoms with Crippen molar-refractivity contribution in [3.05, 3.63) is 0 Å². The maximum Gasteiger partial charge on any atom is 0.323 e. The number of carboxylic acid groups (broad SMARTS) is 1. The van der Waals surface area contributed by atoms with Gasteiger partial charge in [-0.3, -0.25) is 10.1 Å². The van der Waals surface area contributed by atoms with Gasteiger partial charge < -0.3 is 14.9 Å². The van der Waals surface area contributed by atoms with Crippen LogP contribution in [0.3, 0.4) is 0 Å². The molecule has 0 fully saturated rings. The molecule has 5 nitrogen and oxygen atoms in total. The molecule has 0 aromatic rings. The lowest BCUT2D eigenvalue weighted by molar-refractivity contribution is -0.140. The Balaban J connectivity index is 3.71. The Bertz CT molecular complexity index is 137. The summed E-state index contributed by atoms with van der Waals surface area (Å²) in [6, 6.07) is -0.746. The van der Waals surface area contributed by atoms with Gasteiger partial charge >= 0.3 is 5.97 Å². The third kappa shape index (κ3) is 5.06. The Labute approximate surface area is 71.3 Å². The van der Waals surface area contributed by atoms with Crippen LogP contribution >= 0.6 is 0 Å². The average molecular weight is 177 g/mol. The topological polar surface area (TPSA) is 78.8 Å². The molecule has 0 heterocycles. The predicted molar refractivity (Wildman–Crippen MR) is 43.0 cm³/mol. The number of aliphatic carboxylic acids is 1. The third-order valence-corrected chi connectivity index (χ3v) is 1.29. The van der Waals surface area contributed by atoms with E-state index in [1.165, 1.54) is 7.11 Å². The molecule has 2 atom stereocenters. The molecule has 3 N–H and O–H groups in total. The van der Waals surface area contributed by atoms with Crippen LogP contribution in [0.15, 0.2) is 0 Å². The summed E-state index contributed by atoms with van der Waals surface area (Å²) in [7, 11) is 1.43. The number of methoxy groups -OCH3 is 1. The van der Waals surface area contributed by atoms with Crippen molar-refractivity contribution in [2.75, 3.05) is 20.3 Å². The molecule has 0 rings (SSSR count). The Kier molecular flexibility index (Phi) is 5.61.